The van der Waals surface area contributed by atoms with Gasteiger partial charge in [-0.25, -0.2) is 0 Å². The van der Waals surface area contributed by atoms with Crippen molar-refractivity contribution < 1.29 is 0 Å². The molecular weight excluding hydrogens is 1850 g/mol. The van der Waals surface area contributed by atoms with E-state index in [9.17, 15) is 0 Å². The minimum Gasteiger partial charge on any atom is -0.139 e. The van der Waals surface area contributed by atoms with Gasteiger partial charge in [-0.1, -0.05) is 388 Å². The third-order valence-electron chi connectivity index (χ3n) is 28.1. The number of rotatable bonds is 77. The SMILES string of the molecule is CCCCCCCCCCCCc1cc(C)sc1-c1ccc(-c2ccc(-c3sc(-c4cc(CCCCCCCCCCCC)c(-c5ccc(-c6ccc(-c7sc(-c8cc(CCCCCCCCCCCC)c(-c9ccc(-c%10ccc(-c%11sc(C)cc%11CCCCCCCCCCCC)s%10)s9)s8)cc7CCCCCCCCCCCC)s6)s5)s4)cc3CCCCCCCCCCCC)s2)s1. The van der Waals surface area contributed by atoms with E-state index in [1.165, 1.54) is 515 Å². The molecule has 0 saturated heterocycles. The number of thiophene rings is 12. The second-order valence-corrected chi connectivity index (χ2v) is 53.1. The van der Waals surface area contributed by atoms with E-state index in [0.717, 1.165) is 25.7 Å². The van der Waals surface area contributed by atoms with E-state index in [1.54, 1.807) is 33.4 Å². The molecule has 12 heterocycles. The topological polar surface area (TPSA) is 0 Å². The fourth-order valence-electron chi connectivity index (χ4n) is 20.1. The molecule has 0 N–H and O–H groups in total. The normalized spacial score (nSPS) is 11.9. The molecule has 0 bridgehead atoms. The number of unbranched alkanes of at least 4 members (excludes halogenated alkanes) is 54. The number of aryl methyl sites for hydroxylation is 8. The maximum atomic E-state index is 2.68. The van der Waals surface area contributed by atoms with Crippen LogP contribution in [0.4, 0.5) is 0 Å². The molecule has 0 nitrogen and oxygen atoms in total. The van der Waals surface area contributed by atoms with E-state index in [1.807, 2.05) is 68.0 Å². The van der Waals surface area contributed by atoms with Gasteiger partial charge in [-0.3, -0.25) is 0 Å². The van der Waals surface area contributed by atoms with Gasteiger partial charge in [0, 0.05) is 117 Å². The highest BCUT2D eigenvalue weighted by Gasteiger charge is 2.26. The van der Waals surface area contributed by atoms with Crippen molar-refractivity contribution in [2.45, 2.75) is 479 Å². The van der Waals surface area contributed by atoms with Gasteiger partial charge in [-0.2, -0.15) is 0 Å². The molecule has 0 fully saturated rings. The van der Waals surface area contributed by atoms with Crippen LogP contribution in [0.25, 0.3) is 107 Å². The van der Waals surface area contributed by atoms with Crippen LogP contribution < -0.4 is 0 Å². The van der Waals surface area contributed by atoms with E-state index in [-0.39, 0.29) is 0 Å². The smallest absolute Gasteiger partial charge is 0.0481 e. The fraction of sp³-hybridized carbons (Fsp3) is 0.607. The van der Waals surface area contributed by atoms with Gasteiger partial charge in [0.25, 0.3) is 0 Å². The Balaban J connectivity index is 0.801. The molecule has 12 rings (SSSR count). The summed E-state index contributed by atoms with van der Waals surface area (Å²) in [4.78, 5) is 35.2. The number of hydrogen-bond acceptors (Lipinski definition) is 12. The minimum absolute atomic E-state index is 1.15. The Morgan fingerprint density at radius 1 is 0.127 bits per heavy atom. The summed E-state index contributed by atoms with van der Waals surface area (Å²) in [7, 11) is 0. The summed E-state index contributed by atoms with van der Waals surface area (Å²) in [5.41, 5.74) is 9.45. The molecule has 0 radical (unpaired) electrons. The summed E-state index contributed by atoms with van der Waals surface area (Å²) >= 11 is 24.7. The largest absolute Gasteiger partial charge is 0.139 e. The quantitative estimate of drug-likeness (QED) is 0.0333. The van der Waals surface area contributed by atoms with Crippen LogP contribution in [0.15, 0.2) is 109 Å². The second kappa shape index (κ2) is 64.1. The first-order chi connectivity index (χ1) is 66.1. The van der Waals surface area contributed by atoms with E-state index in [4.69, 9.17) is 0 Å². The summed E-state index contributed by atoms with van der Waals surface area (Å²) in [5.74, 6) is 0. The molecule has 0 unspecified atom stereocenters. The lowest BCUT2D eigenvalue weighted by Crippen LogP contribution is -1.87. The molecule has 0 atom stereocenters. The third kappa shape index (κ3) is 36.7. The molecule has 0 amide bonds. The Bertz CT molecular complexity index is 4770. The Kier molecular flexibility index (Phi) is 52.3. The lowest BCUT2D eigenvalue weighted by Gasteiger charge is -2.04. The van der Waals surface area contributed by atoms with Gasteiger partial charge in [0.1, 0.15) is 0 Å². The van der Waals surface area contributed by atoms with Crippen molar-refractivity contribution in [1.29, 1.82) is 0 Å². The van der Waals surface area contributed by atoms with E-state index < -0.39 is 0 Å². The van der Waals surface area contributed by atoms with Crippen LogP contribution in [0.1, 0.15) is 470 Å². The van der Waals surface area contributed by atoms with Crippen molar-refractivity contribution in [2.24, 2.45) is 0 Å². The van der Waals surface area contributed by atoms with Crippen molar-refractivity contribution in [3.8, 4) is 107 Å². The number of hydrogen-bond donors (Lipinski definition) is 0. The molecular formula is C122H174S12. The Morgan fingerprint density at radius 3 is 0.410 bits per heavy atom. The van der Waals surface area contributed by atoms with Crippen LogP contribution >= 0.6 is 136 Å². The maximum Gasteiger partial charge on any atom is 0.0481 e. The molecule has 0 saturated carbocycles. The third-order valence-corrected chi connectivity index (χ3v) is 43.6. The first-order valence-electron chi connectivity index (χ1n) is 55.4. The summed E-state index contributed by atoms with van der Waals surface area (Å²) in [6.07, 6.45) is 89.5. The molecule has 0 spiro atoms. The molecule has 734 valence electrons. The van der Waals surface area contributed by atoms with Gasteiger partial charge < -0.3 is 0 Å². The van der Waals surface area contributed by atoms with Gasteiger partial charge in [0.15, 0.2) is 0 Å². The summed E-state index contributed by atoms with van der Waals surface area (Å²) < 4.78 is 0. The molecule has 0 aromatic carbocycles. The highest BCUT2D eigenvalue weighted by atomic mass is 32.1. The molecule has 12 aromatic rings. The van der Waals surface area contributed by atoms with Gasteiger partial charge in [-0.15, -0.1) is 136 Å². The zero-order valence-electron chi connectivity index (χ0n) is 85.0. The Morgan fingerprint density at radius 2 is 0.254 bits per heavy atom. The maximum absolute atomic E-state index is 2.68. The average molecular weight is 2030 g/mol. The molecule has 12 heteroatoms. The van der Waals surface area contributed by atoms with Gasteiger partial charge in [0.05, 0.1) is 0 Å². The van der Waals surface area contributed by atoms with Crippen molar-refractivity contribution in [3.63, 3.8) is 0 Å². The van der Waals surface area contributed by atoms with Gasteiger partial charge in [0.2, 0.25) is 0 Å². The van der Waals surface area contributed by atoms with E-state index >= 15 is 0 Å². The predicted molar refractivity (Wildman–Crippen MR) is 624 cm³/mol. The van der Waals surface area contributed by atoms with Crippen molar-refractivity contribution in [3.05, 3.63) is 152 Å². The molecule has 134 heavy (non-hydrogen) atoms. The summed E-state index contributed by atoms with van der Waals surface area (Å²) in [5, 5.41) is 0. The lowest BCUT2D eigenvalue weighted by molar-refractivity contribution is 0.556. The van der Waals surface area contributed by atoms with Crippen molar-refractivity contribution >= 4 is 136 Å². The monoisotopic (exact) mass is 2020 g/mol. The summed E-state index contributed by atoms with van der Waals surface area (Å²) in [6.45, 7) is 18.7. The van der Waals surface area contributed by atoms with E-state index in [0.29, 0.717) is 0 Å². The molecule has 12 aromatic heterocycles. The lowest BCUT2D eigenvalue weighted by atomic mass is 10.0. The predicted octanol–water partition coefficient (Wildman–Crippen LogP) is 48.2. The standard InChI is InChI=1S/C122H174S12/c1-9-15-21-27-33-39-45-51-57-63-69-95-87-93(7)123-117(95)107-81-75-101(125-107)103-77-83-109(127-103)119-97(71-65-59-53-47-41-35-29-23-17-11-3)89-113(131-119)115-91-99(73-67-61-55-49-43-37-31-25-19-13-5)121(133-115)111-85-79-105(129-111)106-80-86-112(130-106)122-100(74-68-62-56-50-44-38-32-26-20-14-6)92-116(134-122)114-90-98(72-66-60-54-48-42-36-30-24-18-12-4)120(132-114)110-84-78-104(128-110)102-76-82-108(126-102)118-96(88-94(8)124-118)70-64-58-52-46-40-34-28-22-16-10-2/h75-92H,9-74H2,1-8H3. The van der Waals surface area contributed by atoms with Crippen LogP contribution in [0, 0.1) is 13.8 Å². The van der Waals surface area contributed by atoms with E-state index in [2.05, 4.69) is 233 Å². The van der Waals surface area contributed by atoms with Gasteiger partial charge in [-0.05, 0) is 233 Å². The molecule has 0 aliphatic carbocycles. The summed E-state index contributed by atoms with van der Waals surface area (Å²) in [6, 6.07) is 45.5. The Hall–Kier alpha value is -3.60. The molecule has 0 aliphatic heterocycles. The van der Waals surface area contributed by atoms with Crippen molar-refractivity contribution in [1.82, 2.24) is 0 Å². The van der Waals surface area contributed by atoms with Gasteiger partial charge >= 0.3 is 0 Å². The highest BCUT2D eigenvalue weighted by Crippen LogP contribution is 2.54. The van der Waals surface area contributed by atoms with Crippen LogP contribution in [0.5, 0.6) is 0 Å². The highest BCUT2D eigenvalue weighted by molar-refractivity contribution is 7.33. The zero-order valence-corrected chi connectivity index (χ0v) is 94.8. The first kappa shape index (κ1) is 109. The first-order valence-corrected chi connectivity index (χ1v) is 65.2. The van der Waals surface area contributed by atoms with Crippen LogP contribution in [0.2, 0.25) is 0 Å². The van der Waals surface area contributed by atoms with Crippen LogP contribution in [-0.2, 0) is 38.5 Å². The zero-order chi connectivity index (χ0) is 93.2. The van der Waals surface area contributed by atoms with Crippen molar-refractivity contribution in [2.75, 3.05) is 0 Å². The minimum atomic E-state index is 1.15. The average Bonchev–Trinajstić information content (AvgIpc) is 1.62. The fourth-order valence-corrected chi connectivity index (χ4v) is 34.4. The van der Waals surface area contributed by atoms with Crippen LogP contribution in [-0.4, -0.2) is 0 Å². The second-order valence-electron chi connectivity index (χ2n) is 39.9. The van der Waals surface area contributed by atoms with Crippen LogP contribution in [0.3, 0.4) is 0 Å². The Labute approximate surface area is 866 Å². The molecule has 0 aliphatic rings.